The first-order valence-corrected chi connectivity index (χ1v) is 13.3. The predicted octanol–water partition coefficient (Wildman–Crippen LogP) is 5.42. The summed E-state index contributed by atoms with van der Waals surface area (Å²) in [5.74, 6) is 1.45. The number of halogens is 1. The fraction of sp³-hybridized carbons (Fsp3) is 0.419. The SMILES string of the molecule is COCCN(C)CCOc1ccc(CCNc2cc(OC)ccc2[C@@H]2CCc3cc(O)ccc3C2)cc1F. The Morgan fingerprint density at radius 1 is 1.00 bits per heavy atom. The topological polar surface area (TPSA) is 63.2 Å². The van der Waals surface area contributed by atoms with Crippen molar-refractivity contribution in [1.82, 2.24) is 4.90 Å². The lowest BCUT2D eigenvalue weighted by molar-refractivity contribution is 0.149. The summed E-state index contributed by atoms with van der Waals surface area (Å²) >= 11 is 0. The highest BCUT2D eigenvalue weighted by Gasteiger charge is 2.23. The van der Waals surface area contributed by atoms with Crippen molar-refractivity contribution in [1.29, 1.82) is 0 Å². The Balaban J connectivity index is 1.35. The third-order valence-electron chi connectivity index (χ3n) is 7.25. The number of methoxy groups -OCH3 is 2. The first-order chi connectivity index (χ1) is 18.5. The average molecular weight is 523 g/mol. The van der Waals surface area contributed by atoms with Gasteiger partial charge in [-0.05, 0) is 91.2 Å². The van der Waals surface area contributed by atoms with Crippen molar-refractivity contribution in [3.8, 4) is 17.2 Å². The molecule has 3 aromatic carbocycles. The van der Waals surface area contributed by atoms with Crippen molar-refractivity contribution in [2.24, 2.45) is 0 Å². The lowest BCUT2D eigenvalue weighted by Gasteiger charge is -2.27. The molecule has 0 bridgehead atoms. The first kappa shape index (κ1) is 27.7. The van der Waals surface area contributed by atoms with Crippen LogP contribution in [0.3, 0.4) is 0 Å². The van der Waals surface area contributed by atoms with Gasteiger partial charge < -0.3 is 29.5 Å². The zero-order valence-electron chi connectivity index (χ0n) is 22.6. The van der Waals surface area contributed by atoms with Gasteiger partial charge in [-0.2, -0.15) is 0 Å². The Kier molecular flexibility index (Phi) is 9.85. The second-order valence-electron chi connectivity index (χ2n) is 9.93. The van der Waals surface area contributed by atoms with Crippen LogP contribution in [0.4, 0.5) is 10.1 Å². The van der Waals surface area contributed by atoms with Crippen molar-refractivity contribution in [2.75, 3.05) is 59.4 Å². The minimum atomic E-state index is -0.337. The van der Waals surface area contributed by atoms with Crippen molar-refractivity contribution in [3.63, 3.8) is 0 Å². The largest absolute Gasteiger partial charge is 0.508 e. The zero-order valence-corrected chi connectivity index (χ0v) is 22.6. The van der Waals surface area contributed by atoms with Gasteiger partial charge in [-0.15, -0.1) is 0 Å². The number of nitrogens with zero attached hydrogens (tertiary/aromatic N) is 1. The molecule has 38 heavy (non-hydrogen) atoms. The van der Waals surface area contributed by atoms with Crippen LogP contribution in [-0.2, 0) is 24.0 Å². The van der Waals surface area contributed by atoms with E-state index in [-0.39, 0.29) is 11.6 Å². The molecule has 0 unspecified atom stereocenters. The first-order valence-electron chi connectivity index (χ1n) is 13.3. The molecule has 0 fully saturated rings. The summed E-state index contributed by atoms with van der Waals surface area (Å²) in [6.07, 6.45) is 3.58. The highest BCUT2D eigenvalue weighted by molar-refractivity contribution is 5.58. The van der Waals surface area contributed by atoms with Crippen molar-refractivity contribution >= 4 is 5.69 Å². The number of aromatic hydroxyl groups is 1. The molecule has 0 amide bonds. The molecule has 0 aliphatic heterocycles. The van der Waals surface area contributed by atoms with Gasteiger partial charge >= 0.3 is 0 Å². The maximum atomic E-state index is 14.7. The molecule has 0 aromatic heterocycles. The fourth-order valence-corrected chi connectivity index (χ4v) is 5.01. The van der Waals surface area contributed by atoms with Crippen LogP contribution in [-0.4, -0.2) is 64.1 Å². The van der Waals surface area contributed by atoms with Crippen molar-refractivity contribution in [2.45, 2.75) is 31.6 Å². The molecule has 2 N–H and O–H groups in total. The molecule has 0 saturated heterocycles. The Hall–Kier alpha value is -3.29. The van der Waals surface area contributed by atoms with Crippen LogP contribution in [0, 0.1) is 5.82 Å². The van der Waals surface area contributed by atoms with E-state index in [9.17, 15) is 9.50 Å². The Labute approximate surface area is 225 Å². The van der Waals surface area contributed by atoms with Gasteiger partial charge in [0.05, 0.1) is 13.7 Å². The highest BCUT2D eigenvalue weighted by Crippen LogP contribution is 2.38. The van der Waals surface area contributed by atoms with Crippen LogP contribution in [0.15, 0.2) is 54.6 Å². The van der Waals surface area contributed by atoms with E-state index in [0.717, 1.165) is 42.8 Å². The molecule has 0 radical (unpaired) electrons. The van der Waals surface area contributed by atoms with Gasteiger partial charge in [-0.25, -0.2) is 4.39 Å². The van der Waals surface area contributed by atoms with Gasteiger partial charge in [0.2, 0.25) is 0 Å². The van der Waals surface area contributed by atoms with Crippen molar-refractivity contribution in [3.05, 3.63) is 82.7 Å². The third-order valence-corrected chi connectivity index (χ3v) is 7.25. The monoisotopic (exact) mass is 522 g/mol. The fourth-order valence-electron chi connectivity index (χ4n) is 5.01. The lowest BCUT2D eigenvalue weighted by atomic mass is 9.79. The number of phenolic OH excluding ortho intramolecular Hbond substituents is 1. The normalized spacial score (nSPS) is 14.8. The molecule has 0 saturated carbocycles. The Morgan fingerprint density at radius 3 is 2.63 bits per heavy atom. The van der Waals surface area contributed by atoms with E-state index in [1.165, 1.54) is 16.7 Å². The number of hydrogen-bond donors (Lipinski definition) is 2. The van der Waals surface area contributed by atoms with Crippen LogP contribution in [0.1, 0.15) is 34.6 Å². The number of rotatable bonds is 13. The summed E-state index contributed by atoms with van der Waals surface area (Å²) in [5, 5.41) is 13.4. The smallest absolute Gasteiger partial charge is 0.165 e. The van der Waals surface area contributed by atoms with E-state index in [1.54, 1.807) is 32.4 Å². The standard InChI is InChI=1S/C31H39FN2O4/c1-34(14-16-36-2)15-17-38-31-11-4-22(18-29(31)32)12-13-33-30-21-27(37-3)9-10-28(30)25-6-5-24-20-26(35)8-7-23(24)19-25/h4,7-11,18,20-21,25,33,35H,5-6,12-17,19H2,1-3H3/t25-/m1/s1. The minimum Gasteiger partial charge on any atom is -0.508 e. The summed E-state index contributed by atoms with van der Waals surface area (Å²) in [4.78, 5) is 2.09. The number of ether oxygens (including phenoxy) is 3. The second-order valence-corrected chi connectivity index (χ2v) is 9.93. The van der Waals surface area contributed by atoms with Gasteiger partial charge in [0.25, 0.3) is 0 Å². The summed E-state index contributed by atoms with van der Waals surface area (Å²) in [6, 6.07) is 17.1. The van der Waals surface area contributed by atoms with Crippen LogP contribution < -0.4 is 14.8 Å². The number of nitrogens with one attached hydrogen (secondary N) is 1. The molecule has 1 aliphatic rings. The summed E-state index contributed by atoms with van der Waals surface area (Å²) in [6.45, 7) is 3.25. The van der Waals surface area contributed by atoms with E-state index < -0.39 is 0 Å². The molecule has 1 aliphatic carbocycles. The van der Waals surface area contributed by atoms with Crippen LogP contribution in [0.2, 0.25) is 0 Å². The molecule has 6 nitrogen and oxygen atoms in total. The molecule has 3 aromatic rings. The number of aryl methyl sites for hydroxylation is 1. The lowest BCUT2D eigenvalue weighted by Crippen LogP contribution is -2.27. The molecule has 1 atom stereocenters. The quantitative estimate of drug-likeness (QED) is 0.312. The van der Waals surface area contributed by atoms with E-state index >= 15 is 0 Å². The molecular formula is C31H39FN2O4. The molecule has 7 heteroatoms. The molecule has 0 heterocycles. The zero-order chi connectivity index (χ0) is 26.9. The van der Waals surface area contributed by atoms with E-state index in [1.807, 2.05) is 37.4 Å². The average Bonchev–Trinajstić information content (AvgIpc) is 2.92. The number of fused-ring (bicyclic) bond motifs is 1. The summed E-state index contributed by atoms with van der Waals surface area (Å²) in [5.41, 5.74) is 5.75. The van der Waals surface area contributed by atoms with Gasteiger partial charge in [0, 0.05) is 38.5 Å². The van der Waals surface area contributed by atoms with Gasteiger partial charge in [0.15, 0.2) is 11.6 Å². The van der Waals surface area contributed by atoms with Gasteiger partial charge in [0.1, 0.15) is 18.1 Å². The number of hydrogen-bond acceptors (Lipinski definition) is 6. The predicted molar refractivity (Wildman–Crippen MR) is 149 cm³/mol. The molecule has 4 rings (SSSR count). The second kappa shape index (κ2) is 13.5. The van der Waals surface area contributed by atoms with E-state index in [4.69, 9.17) is 14.2 Å². The summed E-state index contributed by atoms with van der Waals surface area (Å²) < 4.78 is 30.9. The van der Waals surface area contributed by atoms with Crippen molar-refractivity contribution < 1.29 is 23.7 Å². The van der Waals surface area contributed by atoms with Crippen LogP contribution >= 0.6 is 0 Å². The minimum absolute atomic E-state index is 0.280. The van der Waals surface area contributed by atoms with Crippen LogP contribution in [0.5, 0.6) is 17.2 Å². The molecule has 204 valence electrons. The van der Waals surface area contributed by atoms with Gasteiger partial charge in [-0.1, -0.05) is 18.2 Å². The number of phenols is 1. The summed E-state index contributed by atoms with van der Waals surface area (Å²) in [7, 11) is 5.34. The maximum absolute atomic E-state index is 14.7. The molecule has 0 spiro atoms. The Bertz CT molecular complexity index is 1200. The third kappa shape index (κ3) is 7.39. The van der Waals surface area contributed by atoms with E-state index in [0.29, 0.717) is 44.4 Å². The number of anilines is 1. The number of likely N-dealkylation sites (N-methyl/N-ethyl adjacent to an activating group) is 1. The van der Waals surface area contributed by atoms with Crippen LogP contribution in [0.25, 0.3) is 0 Å². The maximum Gasteiger partial charge on any atom is 0.165 e. The number of benzene rings is 3. The highest BCUT2D eigenvalue weighted by atomic mass is 19.1. The molecular weight excluding hydrogens is 483 g/mol. The Morgan fingerprint density at radius 2 is 1.84 bits per heavy atom. The van der Waals surface area contributed by atoms with Gasteiger partial charge in [-0.3, -0.25) is 0 Å². The van der Waals surface area contributed by atoms with E-state index in [2.05, 4.69) is 16.3 Å².